The molecule has 6 heteroatoms. The Kier molecular flexibility index (Phi) is 5.47. The molecule has 1 aromatic heterocycles. The van der Waals surface area contributed by atoms with Crippen molar-refractivity contribution in [1.82, 2.24) is 15.1 Å². The number of aryl methyl sites for hydroxylation is 2. The fourth-order valence-electron chi connectivity index (χ4n) is 3.56. The molecular weight excluding hydrogens is 334 g/mol. The Morgan fingerprint density at radius 1 is 1.16 bits per heavy atom. The van der Waals surface area contributed by atoms with Crippen LogP contribution < -0.4 is 0 Å². The van der Waals surface area contributed by atoms with Crippen molar-refractivity contribution in [2.75, 3.05) is 18.8 Å². The molecule has 2 atom stereocenters. The van der Waals surface area contributed by atoms with Crippen LogP contribution >= 0.6 is 11.8 Å². The van der Waals surface area contributed by atoms with Gasteiger partial charge in [0.05, 0.1) is 5.75 Å². The Morgan fingerprint density at radius 2 is 1.80 bits per heavy atom. The van der Waals surface area contributed by atoms with Crippen molar-refractivity contribution in [3.63, 3.8) is 0 Å². The Hall–Kier alpha value is -1.82. The Labute approximate surface area is 153 Å². The number of rotatable bonds is 4. The molecule has 0 saturated carbocycles. The zero-order chi connectivity index (χ0) is 18.0. The average molecular weight is 359 g/mol. The predicted octanol–water partition coefficient (Wildman–Crippen LogP) is 3.95. The number of hydrogen-bond donors (Lipinski definition) is 0. The second kappa shape index (κ2) is 7.60. The summed E-state index contributed by atoms with van der Waals surface area (Å²) in [5, 5.41) is 8.64. The first-order valence-electron chi connectivity index (χ1n) is 8.73. The number of amides is 1. The van der Waals surface area contributed by atoms with Gasteiger partial charge in [0.1, 0.15) is 0 Å². The highest BCUT2D eigenvalue weighted by atomic mass is 32.2. The number of carbonyl (C=O) groups excluding carboxylic acids is 1. The van der Waals surface area contributed by atoms with Crippen LogP contribution in [-0.2, 0) is 4.79 Å². The van der Waals surface area contributed by atoms with Gasteiger partial charge in [-0.2, -0.15) is 0 Å². The molecule has 0 bridgehead atoms. The standard InChI is InChI=1S/C19H25N3O2S/c1-12-5-13(2)8-16(7-12)18-20-21-19(24-18)25-11-17(23)22-9-14(3)6-15(4)10-22/h5,7-8,14-15H,6,9-11H2,1-4H3/t14-,15-/m0/s1. The zero-order valence-corrected chi connectivity index (χ0v) is 16.1. The maximum absolute atomic E-state index is 12.4. The lowest BCUT2D eigenvalue weighted by Crippen LogP contribution is -2.43. The van der Waals surface area contributed by atoms with E-state index in [1.54, 1.807) is 0 Å². The lowest BCUT2D eigenvalue weighted by atomic mass is 9.92. The SMILES string of the molecule is Cc1cc(C)cc(-c2nnc(SCC(=O)N3C[C@@H](C)C[C@H](C)C3)o2)c1. The summed E-state index contributed by atoms with van der Waals surface area (Å²) in [6.45, 7) is 10.2. The summed E-state index contributed by atoms with van der Waals surface area (Å²) in [4.78, 5) is 14.4. The minimum atomic E-state index is 0.148. The quantitative estimate of drug-likeness (QED) is 0.774. The third-order valence-electron chi connectivity index (χ3n) is 4.42. The van der Waals surface area contributed by atoms with E-state index in [1.165, 1.54) is 18.2 Å². The van der Waals surface area contributed by atoms with Crippen molar-refractivity contribution in [1.29, 1.82) is 0 Å². The van der Waals surface area contributed by atoms with E-state index in [1.807, 2.05) is 30.9 Å². The largest absolute Gasteiger partial charge is 0.411 e. The molecule has 0 N–H and O–H groups in total. The van der Waals surface area contributed by atoms with Crippen molar-refractivity contribution in [2.24, 2.45) is 11.8 Å². The molecule has 0 spiro atoms. The molecule has 1 aliphatic heterocycles. The van der Waals surface area contributed by atoms with Gasteiger partial charge in [0.25, 0.3) is 5.22 Å². The lowest BCUT2D eigenvalue weighted by molar-refractivity contribution is -0.130. The van der Waals surface area contributed by atoms with Gasteiger partial charge in [0, 0.05) is 18.7 Å². The summed E-state index contributed by atoms with van der Waals surface area (Å²) in [5.74, 6) is 2.12. The number of thioether (sulfide) groups is 1. The summed E-state index contributed by atoms with van der Waals surface area (Å²) in [7, 11) is 0. The van der Waals surface area contributed by atoms with Gasteiger partial charge in [-0.25, -0.2) is 0 Å². The number of piperidine rings is 1. The van der Waals surface area contributed by atoms with E-state index in [0.29, 0.717) is 28.7 Å². The second-order valence-electron chi connectivity index (χ2n) is 7.28. The summed E-state index contributed by atoms with van der Waals surface area (Å²) < 4.78 is 5.73. The van der Waals surface area contributed by atoms with Crippen LogP contribution in [0.1, 0.15) is 31.4 Å². The average Bonchev–Trinajstić information content (AvgIpc) is 2.99. The minimum Gasteiger partial charge on any atom is -0.411 e. The molecule has 0 aliphatic carbocycles. The number of carbonyl (C=O) groups is 1. The molecule has 1 amide bonds. The smallest absolute Gasteiger partial charge is 0.277 e. The van der Waals surface area contributed by atoms with E-state index < -0.39 is 0 Å². The fourth-order valence-corrected chi connectivity index (χ4v) is 4.23. The van der Waals surface area contributed by atoms with Gasteiger partial charge in [-0.05, 0) is 44.2 Å². The van der Waals surface area contributed by atoms with E-state index in [-0.39, 0.29) is 5.91 Å². The Bertz CT molecular complexity index is 729. The van der Waals surface area contributed by atoms with Crippen LogP contribution in [0.5, 0.6) is 0 Å². The van der Waals surface area contributed by atoms with Gasteiger partial charge in [-0.15, -0.1) is 10.2 Å². The van der Waals surface area contributed by atoms with Crippen LogP contribution in [0.4, 0.5) is 0 Å². The van der Waals surface area contributed by atoms with Crippen molar-refractivity contribution in [3.05, 3.63) is 29.3 Å². The van der Waals surface area contributed by atoms with E-state index in [2.05, 4.69) is 30.1 Å². The van der Waals surface area contributed by atoms with E-state index in [4.69, 9.17) is 4.42 Å². The molecular formula is C19H25N3O2S. The van der Waals surface area contributed by atoms with Gasteiger partial charge < -0.3 is 9.32 Å². The molecule has 25 heavy (non-hydrogen) atoms. The first kappa shape index (κ1) is 18.0. The van der Waals surface area contributed by atoms with E-state index in [9.17, 15) is 4.79 Å². The number of aromatic nitrogens is 2. The minimum absolute atomic E-state index is 0.148. The lowest BCUT2D eigenvalue weighted by Gasteiger charge is -2.34. The van der Waals surface area contributed by atoms with E-state index >= 15 is 0 Å². The first-order valence-corrected chi connectivity index (χ1v) is 9.72. The highest BCUT2D eigenvalue weighted by molar-refractivity contribution is 7.99. The molecule has 3 rings (SSSR count). The topological polar surface area (TPSA) is 59.2 Å². The molecule has 2 heterocycles. The Morgan fingerprint density at radius 3 is 2.44 bits per heavy atom. The highest BCUT2D eigenvalue weighted by Gasteiger charge is 2.25. The van der Waals surface area contributed by atoms with Crippen LogP contribution in [0, 0.1) is 25.7 Å². The van der Waals surface area contributed by atoms with Gasteiger partial charge in [0.15, 0.2) is 0 Å². The molecule has 1 saturated heterocycles. The number of hydrogen-bond acceptors (Lipinski definition) is 5. The van der Waals surface area contributed by atoms with Gasteiger partial charge >= 0.3 is 0 Å². The molecule has 0 radical (unpaired) electrons. The normalized spacial score (nSPS) is 20.7. The van der Waals surface area contributed by atoms with Crippen molar-refractivity contribution in [2.45, 2.75) is 39.3 Å². The predicted molar refractivity (Wildman–Crippen MR) is 99.5 cm³/mol. The van der Waals surface area contributed by atoms with Gasteiger partial charge in [-0.3, -0.25) is 4.79 Å². The van der Waals surface area contributed by atoms with Gasteiger partial charge in [0.2, 0.25) is 11.8 Å². The molecule has 2 aromatic rings. The maximum Gasteiger partial charge on any atom is 0.277 e. The molecule has 0 unspecified atom stereocenters. The number of benzene rings is 1. The molecule has 1 aliphatic rings. The molecule has 1 fully saturated rings. The van der Waals surface area contributed by atoms with Crippen LogP contribution in [0.25, 0.3) is 11.5 Å². The van der Waals surface area contributed by atoms with Crippen LogP contribution in [0.15, 0.2) is 27.8 Å². The third-order valence-corrected chi connectivity index (χ3v) is 5.22. The second-order valence-corrected chi connectivity index (χ2v) is 8.21. The van der Waals surface area contributed by atoms with Crippen LogP contribution in [-0.4, -0.2) is 39.8 Å². The summed E-state index contributed by atoms with van der Waals surface area (Å²) >= 11 is 1.32. The zero-order valence-electron chi connectivity index (χ0n) is 15.3. The van der Waals surface area contributed by atoms with Crippen molar-refractivity contribution in [3.8, 4) is 11.5 Å². The molecule has 134 valence electrons. The summed E-state index contributed by atoms with van der Waals surface area (Å²) in [5.41, 5.74) is 3.23. The van der Waals surface area contributed by atoms with Gasteiger partial charge in [-0.1, -0.05) is 42.8 Å². The third kappa shape index (κ3) is 4.63. The summed E-state index contributed by atoms with van der Waals surface area (Å²) in [6.07, 6.45) is 1.19. The van der Waals surface area contributed by atoms with Crippen LogP contribution in [0.2, 0.25) is 0 Å². The first-order chi connectivity index (χ1) is 11.9. The number of likely N-dealkylation sites (tertiary alicyclic amines) is 1. The Balaban J connectivity index is 1.61. The fraction of sp³-hybridized carbons (Fsp3) is 0.526. The maximum atomic E-state index is 12.4. The van der Waals surface area contributed by atoms with E-state index in [0.717, 1.165) is 29.8 Å². The summed E-state index contributed by atoms with van der Waals surface area (Å²) in [6, 6.07) is 6.15. The molecule has 5 nitrogen and oxygen atoms in total. The van der Waals surface area contributed by atoms with Crippen molar-refractivity contribution >= 4 is 17.7 Å². The number of nitrogens with zero attached hydrogens (tertiary/aromatic N) is 3. The monoisotopic (exact) mass is 359 g/mol. The molecule has 1 aromatic carbocycles. The highest BCUT2D eigenvalue weighted by Crippen LogP contribution is 2.26. The van der Waals surface area contributed by atoms with Crippen molar-refractivity contribution < 1.29 is 9.21 Å². The van der Waals surface area contributed by atoms with Crippen LogP contribution in [0.3, 0.4) is 0 Å².